The van der Waals surface area contributed by atoms with Gasteiger partial charge in [0.15, 0.2) is 11.5 Å². The zero-order chi connectivity index (χ0) is 23.3. The van der Waals surface area contributed by atoms with Gasteiger partial charge in [0, 0.05) is 29.3 Å². The van der Waals surface area contributed by atoms with Gasteiger partial charge in [-0.25, -0.2) is 4.98 Å². The minimum absolute atomic E-state index is 0.0603. The van der Waals surface area contributed by atoms with Crippen LogP contribution in [0.1, 0.15) is 23.5 Å². The molecule has 1 aliphatic rings. The summed E-state index contributed by atoms with van der Waals surface area (Å²) >= 11 is 0. The van der Waals surface area contributed by atoms with Crippen molar-refractivity contribution < 1.29 is 34.0 Å². The fourth-order valence-corrected chi connectivity index (χ4v) is 4.06. The summed E-state index contributed by atoms with van der Waals surface area (Å²) in [5.41, 5.74) is 0.871. The Bertz CT molecular complexity index is 1490. The Kier molecular flexibility index (Phi) is 4.67. The predicted octanol–water partition coefficient (Wildman–Crippen LogP) is 3.77. The van der Waals surface area contributed by atoms with E-state index in [9.17, 15) is 24.9 Å². The Morgan fingerprint density at radius 1 is 1.12 bits per heavy atom. The van der Waals surface area contributed by atoms with Crippen LogP contribution in [0, 0.1) is 0 Å². The molecule has 9 nitrogen and oxygen atoms in total. The van der Waals surface area contributed by atoms with Crippen molar-refractivity contribution in [3.05, 3.63) is 70.2 Å². The highest BCUT2D eigenvalue weighted by atomic mass is 16.5. The zero-order valence-electron chi connectivity index (χ0n) is 17.2. The number of rotatable bonds is 3. The molecule has 0 saturated heterocycles. The molecular formula is C24H17NO8. The number of aromatic hydroxyl groups is 3. The summed E-state index contributed by atoms with van der Waals surface area (Å²) in [5.74, 6) is -1.72. The average molecular weight is 447 g/mol. The van der Waals surface area contributed by atoms with Crippen LogP contribution >= 0.6 is 0 Å². The quantitative estimate of drug-likeness (QED) is 0.316. The molecule has 0 amide bonds. The molecule has 1 unspecified atom stereocenters. The lowest BCUT2D eigenvalue weighted by Gasteiger charge is -2.27. The van der Waals surface area contributed by atoms with Crippen LogP contribution in [0.5, 0.6) is 28.9 Å². The van der Waals surface area contributed by atoms with E-state index in [4.69, 9.17) is 13.9 Å². The number of hydrogen-bond acceptors (Lipinski definition) is 9. The van der Waals surface area contributed by atoms with E-state index in [0.717, 1.165) is 0 Å². The van der Waals surface area contributed by atoms with Crippen molar-refractivity contribution in [2.24, 2.45) is 0 Å². The summed E-state index contributed by atoms with van der Waals surface area (Å²) in [4.78, 5) is 29.8. The van der Waals surface area contributed by atoms with E-state index in [2.05, 4.69) is 4.98 Å². The van der Waals surface area contributed by atoms with Gasteiger partial charge in [-0.3, -0.25) is 9.59 Å². The van der Waals surface area contributed by atoms with Gasteiger partial charge < -0.3 is 29.2 Å². The number of aromatic nitrogens is 1. The number of benzene rings is 2. The van der Waals surface area contributed by atoms with E-state index in [1.165, 1.54) is 37.6 Å². The topological polar surface area (TPSA) is 139 Å². The highest BCUT2D eigenvalue weighted by molar-refractivity contribution is 5.92. The smallest absolute Gasteiger partial charge is 0.306 e. The number of carbonyl (C=O) groups excluding carboxylic acids is 1. The molecule has 5 rings (SSSR count). The first-order valence-electron chi connectivity index (χ1n) is 9.92. The van der Waals surface area contributed by atoms with Gasteiger partial charge in [0.25, 0.3) is 0 Å². The molecule has 0 aliphatic carbocycles. The Balaban J connectivity index is 1.77. The SMILES string of the molecule is COC(=O)CC1c2cccnc2Oc2cc(O)c3c(=O)c(-c4ccc(O)c(O)c4)coc3c21. The molecule has 33 heavy (non-hydrogen) atoms. The molecule has 0 radical (unpaired) electrons. The van der Waals surface area contributed by atoms with Crippen molar-refractivity contribution in [3.8, 4) is 40.0 Å². The lowest BCUT2D eigenvalue weighted by atomic mass is 9.85. The van der Waals surface area contributed by atoms with E-state index in [0.29, 0.717) is 11.1 Å². The third-order valence-corrected chi connectivity index (χ3v) is 5.64. The van der Waals surface area contributed by atoms with Crippen LogP contribution in [0.15, 0.2) is 58.1 Å². The molecule has 0 fully saturated rings. The summed E-state index contributed by atoms with van der Waals surface area (Å²) < 4.78 is 16.5. The van der Waals surface area contributed by atoms with E-state index >= 15 is 0 Å². The van der Waals surface area contributed by atoms with Crippen LogP contribution in [0.3, 0.4) is 0 Å². The third kappa shape index (κ3) is 3.21. The van der Waals surface area contributed by atoms with Crippen LogP contribution in [0.25, 0.3) is 22.1 Å². The number of pyridine rings is 1. The monoisotopic (exact) mass is 447 g/mol. The summed E-state index contributed by atoms with van der Waals surface area (Å²) in [5, 5.41) is 30.0. The maximum Gasteiger partial charge on any atom is 0.306 e. The molecule has 2 aromatic heterocycles. The standard InChI is InChI=1S/C24H17NO8/c1-31-19(29)8-13-12-3-2-6-25-24(12)33-18-9-17(28)21-22(30)14(10-32-23(21)20(13)18)11-4-5-15(26)16(27)7-11/h2-7,9-10,13,26-28H,8H2,1H3. The van der Waals surface area contributed by atoms with Crippen LogP contribution in [0.2, 0.25) is 0 Å². The predicted molar refractivity (Wildman–Crippen MR) is 116 cm³/mol. The van der Waals surface area contributed by atoms with Gasteiger partial charge in [0.05, 0.1) is 19.1 Å². The number of phenolic OH excluding ortho intramolecular Hbond substituents is 3. The molecule has 3 N–H and O–H groups in total. The van der Waals surface area contributed by atoms with Crippen LogP contribution < -0.4 is 10.2 Å². The van der Waals surface area contributed by atoms with Crippen LogP contribution in [-0.2, 0) is 9.53 Å². The van der Waals surface area contributed by atoms with Crippen molar-refractivity contribution in [2.45, 2.75) is 12.3 Å². The highest BCUT2D eigenvalue weighted by Crippen LogP contribution is 2.49. The maximum absolute atomic E-state index is 13.4. The average Bonchev–Trinajstić information content (AvgIpc) is 2.80. The second-order valence-corrected chi connectivity index (χ2v) is 7.53. The molecule has 166 valence electrons. The molecular weight excluding hydrogens is 430 g/mol. The molecule has 0 spiro atoms. The summed E-state index contributed by atoms with van der Waals surface area (Å²) in [7, 11) is 1.28. The number of esters is 1. The first kappa shape index (κ1) is 20.4. The number of nitrogens with zero attached hydrogens (tertiary/aromatic N) is 1. The summed E-state index contributed by atoms with van der Waals surface area (Å²) in [6, 6.07) is 8.64. The Morgan fingerprint density at radius 2 is 1.94 bits per heavy atom. The lowest BCUT2D eigenvalue weighted by molar-refractivity contribution is -0.140. The van der Waals surface area contributed by atoms with E-state index in [1.54, 1.807) is 18.3 Å². The Labute approximate surface area is 186 Å². The number of fused-ring (bicyclic) bond motifs is 4. The molecule has 3 heterocycles. The van der Waals surface area contributed by atoms with Crippen LogP contribution in [0.4, 0.5) is 0 Å². The number of hydrogen-bond donors (Lipinski definition) is 3. The number of carbonyl (C=O) groups is 1. The summed E-state index contributed by atoms with van der Waals surface area (Å²) in [6.07, 6.45) is 2.67. The fraction of sp³-hybridized carbons (Fsp3) is 0.125. The number of ether oxygens (including phenoxy) is 2. The number of phenols is 3. The highest BCUT2D eigenvalue weighted by Gasteiger charge is 2.34. The van der Waals surface area contributed by atoms with Gasteiger partial charge >= 0.3 is 5.97 Å². The Hall–Kier alpha value is -4.53. The van der Waals surface area contributed by atoms with Crippen molar-refractivity contribution in [1.29, 1.82) is 0 Å². The minimum atomic E-state index is -0.597. The molecule has 0 bridgehead atoms. The van der Waals surface area contributed by atoms with Crippen LogP contribution in [-0.4, -0.2) is 33.4 Å². The largest absolute Gasteiger partial charge is 0.507 e. The molecule has 2 aromatic carbocycles. The minimum Gasteiger partial charge on any atom is -0.507 e. The first-order chi connectivity index (χ1) is 15.9. The Morgan fingerprint density at radius 3 is 2.70 bits per heavy atom. The molecule has 1 atom stereocenters. The third-order valence-electron chi connectivity index (χ3n) is 5.64. The second kappa shape index (κ2) is 7.56. The van der Waals surface area contributed by atoms with Gasteiger partial charge in [0.1, 0.15) is 28.7 Å². The van der Waals surface area contributed by atoms with Gasteiger partial charge in [-0.1, -0.05) is 12.1 Å². The number of methoxy groups -OCH3 is 1. The lowest BCUT2D eigenvalue weighted by Crippen LogP contribution is -2.17. The molecule has 0 saturated carbocycles. The van der Waals surface area contributed by atoms with Crippen molar-refractivity contribution in [3.63, 3.8) is 0 Å². The van der Waals surface area contributed by atoms with Gasteiger partial charge in [-0.05, 0) is 23.8 Å². The maximum atomic E-state index is 13.4. The fourth-order valence-electron chi connectivity index (χ4n) is 4.06. The molecule has 4 aromatic rings. The van der Waals surface area contributed by atoms with Crippen molar-refractivity contribution in [2.75, 3.05) is 7.11 Å². The van der Waals surface area contributed by atoms with Gasteiger partial charge in [0.2, 0.25) is 11.3 Å². The molecule has 1 aliphatic heterocycles. The summed E-state index contributed by atoms with van der Waals surface area (Å²) in [6.45, 7) is 0. The van der Waals surface area contributed by atoms with Gasteiger partial charge in [-0.15, -0.1) is 0 Å². The first-order valence-corrected chi connectivity index (χ1v) is 9.92. The van der Waals surface area contributed by atoms with E-state index in [-0.39, 0.29) is 51.6 Å². The zero-order valence-corrected chi connectivity index (χ0v) is 17.2. The van der Waals surface area contributed by atoms with E-state index in [1.807, 2.05) is 0 Å². The second-order valence-electron chi connectivity index (χ2n) is 7.53. The van der Waals surface area contributed by atoms with Crippen molar-refractivity contribution >= 4 is 16.9 Å². The van der Waals surface area contributed by atoms with E-state index < -0.39 is 23.1 Å². The van der Waals surface area contributed by atoms with Crippen molar-refractivity contribution in [1.82, 2.24) is 4.98 Å². The molecule has 9 heteroatoms. The van der Waals surface area contributed by atoms with Gasteiger partial charge in [-0.2, -0.15) is 0 Å². The normalized spacial score (nSPS) is 14.3.